The summed E-state index contributed by atoms with van der Waals surface area (Å²) in [6, 6.07) is 12.6. The summed E-state index contributed by atoms with van der Waals surface area (Å²) in [7, 11) is 3.99. The highest BCUT2D eigenvalue weighted by Crippen LogP contribution is 2.34. The second-order valence-corrected chi connectivity index (χ2v) is 11.7. The number of carbonyl (C=O) groups is 2. The zero-order chi connectivity index (χ0) is 30.1. The number of aromatic nitrogens is 4. The number of benzene rings is 1. The Bertz CT molecular complexity index is 1490. The van der Waals surface area contributed by atoms with Gasteiger partial charge in [0.15, 0.2) is 11.5 Å². The summed E-state index contributed by atoms with van der Waals surface area (Å²) in [6.07, 6.45) is 6.66. The molecule has 3 heterocycles. The number of nitrogens with one attached hydrogen (secondary N) is 2. The van der Waals surface area contributed by atoms with E-state index in [2.05, 4.69) is 50.3 Å². The first kappa shape index (κ1) is 31.1. The van der Waals surface area contributed by atoms with Gasteiger partial charge in [0.2, 0.25) is 0 Å². The number of aryl methyl sites for hydroxylation is 1. The Balaban J connectivity index is 1.55. The Kier molecular flexibility index (Phi) is 11.0. The van der Waals surface area contributed by atoms with Crippen molar-refractivity contribution in [3.05, 3.63) is 64.9 Å². The molecule has 0 unspecified atom stereocenters. The molecule has 4 rings (SSSR count). The topological polar surface area (TPSA) is 114 Å². The van der Waals surface area contributed by atoms with Gasteiger partial charge in [-0.05, 0) is 97.8 Å². The van der Waals surface area contributed by atoms with E-state index in [1.54, 1.807) is 30.5 Å². The summed E-state index contributed by atoms with van der Waals surface area (Å²) in [5.74, 6) is 1.24. The summed E-state index contributed by atoms with van der Waals surface area (Å²) in [4.78, 5) is 36.2. The molecule has 0 aliphatic carbocycles. The van der Waals surface area contributed by atoms with Crippen LogP contribution in [0.4, 0.5) is 10.6 Å². The number of hydrogen-bond acceptors (Lipinski definition) is 7. The summed E-state index contributed by atoms with van der Waals surface area (Å²) in [6.45, 7) is 6.54. The average Bonchev–Trinajstić information content (AvgIpc) is 3.29. The fraction of sp³-hybridized carbons (Fsp3) is 0.387. The Morgan fingerprint density at radius 2 is 1.88 bits per heavy atom. The zero-order valence-electron chi connectivity index (χ0n) is 24.6. The molecule has 0 saturated heterocycles. The van der Waals surface area contributed by atoms with Crippen molar-refractivity contribution in [2.75, 3.05) is 32.5 Å². The molecule has 0 atom stereocenters. The van der Waals surface area contributed by atoms with E-state index in [-0.39, 0.29) is 5.91 Å². The maximum absolute atomic E-state index is 12.9. The van der Waals surface area contributed by atoms with E-state index >= 15 is 0 Å². The van der Waals surface area contributed by atoms with Crippen molar-refractivity contribution in [1.82, 2.24) is 30.0 Å². The van der Waals surface area contributed by atoms with Crippen LogP contribution in [0.2, 0.25) is 0 Å². The normalized spacial score (nSPS) is 11.3. The highest BCUT2D eigenvalue weighted by atomic mass is 79.9. The van der Waals surface area contributed by atoms with Gasteiger partial charge in [-0.25, -0.2) is 14.5 Å². The molecule has 0 aliphatic rings. The molecule has 1 aromatic carbocycles. The van der Waals surface area contributed by atoms with Gasteiger partial charge in [0, 0.05) is 35.5 Å². The molecule has 0 saturated carbocycles. The first-order valence-electron chi connectivity index (χ1n) is 14.2. The van der Waals surface area contributed by atoms with Crippen LogP contribution in [0.5, 0.6) is 5.75 Å². The molecule has 4 aromatic rings. The quantitative estimate of drug-likeness (QED) is 0.164. The molecule has 0 spiro atoms. The Morgan fingerprint density at radius 3 is 2.57 bits per heavy atom. The number of pyridine rings is 2. The van der Waals surface area contributed by atoms with Gasteiger partial charge in [-0.3, -0.25) is 9.78 Å². The lowest BCUT2D eigenvalue weighted by molar-refractivity contribution is 0.102. The highest BCUT2D eigenvalue weighted by molar-refractivity contribution is 9.10. The number of halogens is 1. The van der Waals surface area contributed by atoms with E-state index in [1.807, 2.05) is 37.0 Å². The lowest BCUT2D eigenvalue weighted by Crippen LogP contribution is -2.29. The van der Waals surface area contributed by atoms with Crippen LogP contribution >= 0.6 is 15.9 Å². The van der Waals surface area contributed by atoms with Crippen molar-refractivity contribution in [3.8, 4) is 17.0 Å². The van der Waals surface area contributed by atoms with E-state index in [9.17, 15) is 9.59 Å². The van der Waals surface area contributed by atoms with Crippen molar-refractivity contribution in [2.45, 2.75) is 46.1 Å². The van der Waals surface area contributed by atoms with E-state index in [1.165, 1.54) is 6.20 Å². The van der Waals surface area contributed by atoms with E-state index < -0.39 is 6.09 Å². The van der Waals surface area contributed by atoms with Gasteiger partial charge in [-0.2, -0.15) is 5.10 Å². The van der Waals surface area contributed by atoms with Gasteiger partial charge in [0.25, 0.3) is 5.91 Å². The zero-order valence-corrected chi connectivity index (χ0v) is 26.1. The summed E-state index contributed by atoms with van der Waals surface area (Å²) in [5.41, 5.74) is 2.69. The highest BCUT2D eigenvalue weighted by Gasteiger charge is 2.19. The fourth-order valence-electron chi connectivity index (χ4n) is 4.42. The maximum atomic E-state index is 12.9. The van der Waals surface area contributed by atoms with Crippen molar-refractivity contribution >= 4 is 44.8 Å². The third kappa shape index (κ3) is 8.59. The van der Waals surface area contributed by atoms with Crippen molar-refractivity contribution in [1.29, 1.82) is 0 Å². The number of hydrogen-bond donors (Lipinski definition) is 2. The molecule has 0 fully saturated rings. The summed E-state index contributed by atoms with van der Waals surface area (Å²) < 4.78 is 8.04. The Labute approximate surface area is 255 Å². The number of amides is 2. The number of fused-ring (bicyclic) bond motifs is 1. The molecule has 2 amide bonds. The van der Waals surface area contributed by atoms with Gasteiger partial charge >= 0.3 is 6.09 Å². The van der Waals surface area contributed by atoms with Gasteiger partial charge in [-0.1, -0.05) is 26.7 Å². The van der Waals surface area contributed by atoms with E-state index in [4.69, 9.17) is 14.8 Å². The number of anilines is 1. The average molecular weight is 637 g/mol. The van der Waals surface area contributed by atoms with Gasteiger partial charge in [-0.15, -0.1) is 0 Å². The Morgan fingerprint density at radius 1 is 1.10 bits per heavy atom. The third-order valence-electron chi connectivity index (χ3n) is 6.62. The van der Waals surface area contributed by atoms with E-state index in [0.717, 1.165) is 53.3 Å². The van der Waals surface area contributed by atoms with Gasteiger partial charge < -0.3 is 20.3 Å². The summed E-state index contributed by atoms with van der Waals surface area (Å²) >= 11 is 3.67. The molecular formula is C31H38BrN7O3. The number of carbonyl (C=O) groups excluding carboxylic acids is 2. The van der Waals surface area contributed by atoms with Crippen LogP contribution in [0, 0.1) is 5.92 Å². The lowest BCUT2D eigenvalue weighted by atomic mass is 10.1. The molecule has 11 heteroatoms. The molecule has 2 N–H and O–H groups in total. The third-order valence-corrected chi connectivity index (χ3v) is 7.23. The first-order chi connectivity index (χ1) is 20.2. The fourth-order valence-corrected chi connectivity index (χ4v) is 4.97. The minimum atomic E-state index is -0.482. The molecule has 10 nitrogen and oxygen atoms in total. The number of ether oxygens (including phenoxy) is 1. The standard InChI is InChI=1S/C31H38BrN7O3/c1-21(2)9-5-6-18-39-29-25(28(37-39)36-30(40)23-10-7-15-33-20-23)19-26(32)27(35-29)22-11-13-24(14-12-22)42-31(41)34-16-8-17-38(3)4/h7,10-15,19-21H,5-6,8-9,16-18H2,1-4H3,(H,34,41)(H,36,37,40). The number of rotatable bonds is 13. The van der Waals surface area contributed by atoms with Crippen molar-refractivity contribution < 1.29 is 14.3 Å². The number of unbranched alkanes of at least 4 members (excludes halogenated alkanes) is 1. The van der Waals surface area contributed by atoms with Crippen LogP contribution in [0.1, 0.15) is 49.9 Å². The molecule has 0 aliphatic heterocycles. The second-order valence-electron chi connectivity index (χ2n) is 10.8. The molecule has 0 bridgehead atoms. The smallest absolute Gasteiger partial charge is 0.410 e. The van der Waals surface area contributed by atoms with Crippen molar-refractivity contribution in [3.63, 3.8) is 0 Å². The van der Waals surface area contributed by atoms with Crippen LogP contribution in [-0.4, -0.2) is 63.8 Å². The second kappa shape index (κ2) is 14.9. The van der Waals surface area contributed by atoms with Crippen LogP contribution < -0.4 is 15.4 Å². The monoisotopic (exact) mass is 635 g/mol. The van der Waals surface area contributed by atoms with Crippen molar-refractivity contribution in [2.24, 2.45) is 5.92 Å². The van der Waals surface area contributed by atoms with Gasteiger partial charge in [0.05, 0.1) is 16.6 Å². The number of nitrogens with zero attached hydrogens (tertiary/aromatic N) is 5. The molecular weight excluding hydrogens is 598 g/mol. The minimum absolute atomic E-state index is 0.285. The van der Waals surface area contributed by atoms with Crippen LogP contribution in [0.3, 0.4) is 0 Å². The van der Waals surface area contributed by atoms with E-state index in [0.29, 0.717) is 41.8 Å². The molecule has 3 aromatic heterocycles. The molecule has 42 heavy (non-hydrogen) atoms. The maximum Gasteiger partial charge on any atom is 0.412 e. The predicted molar refractivity (Wildman–Crippen MR) is 169 cm³/mol. The molecule has 0 radical (unpaired) electrons. The van der Waals surface area contributed by atoms with Crippen LogP contribution in [0.15, 0.2) is 59.3 Å². The molecule has 222 valence electrons. The largest absolute Gasteiger partial charge is 0.412 e. The Hall–Kier alpha value is -3.83. The van der Waals surface area contributed by atoms with Crippen LogP contribution in [-0.2, 0) is 6.54 Å². The SMILES string of the molecule is CC(C)CCCCn1nc(NC(=O)c2cccnc2)c2cc(Br)c(-c3ccc(OC(=O)NCCCN(C)C)cc3)nc21. The predicted octanol–water partition coefficient (Wildman–Crippen LogP) is 6.37. The summed E-state index contributed by atoms with van der Waals surface area (Å²) in [5, 5.41) is 11.2. The van der Waals surface area contributed by atoms with Gasteiger partial charge in [0.1, 0.15) is 5.75 Å². The lowest BCUT2D eigenvalue weighted by Gasteiger charge is -2.11. The minimum Gasteiger partial charge on any atom is -0.410 e. The van der Waals surface area contributed by atoms with Crippen LogP contribution in [0.25, 0.3) is 22.3 Å². The first-order valence-corrected chi connectivity index (χ1v) is 15.0.